The Kier molecular flexibility index (Phi) is 7.82. The molecule has 1 unspecified atom stereocenters. The van der Waals surface area contributed by atoms with Gasteiger partial charge in [0.25, 0.3) is 0 Å². The van der Waals surface area contributed by atoms with Gasteiger partial charge in [-0.25, -0.2) is 4.79 Å². The standard InChI is InChI=1S/C20H21Cl3N2O3/c21-17-6-7-18(22)19(23)16(17)11-24-10-15-12-25(8-9-27-15)20(26)28-13-14-4-2-1-3-5-14/h1-7,15,24H,8-13H2. The van der Waals surface area contributed by atoms with Gasteiger partial charge in [0.1, 0.15) is 6.61 Å². The molecule has 0 bridgehead atoms. The molecule has 3 rings (SSSR count). The number of halogens is 3. The molecule has 0 radical (unpaired) electrons. The van der Waals surface area contributed by atoms with Crippen LogP contribution in [0.3, 0.4) is 0 Å². The summed E-state index contributed by atoms with van der Waals surface area (Å²) in [5.41, 5.74) is 1.70. The highest BCUT2D eigenvalue weighted by Crippen LogP contribution is 2.31. The molecule has 0 aromatic heterocycles. The van der Waals surface area contributed by atoms with Crippen LogP contribution in [0.25, 0.3) is 0 Å². The van der Waals surface area contributed by atoms with Gasteiger partial charge in [0.05, 0.1) is 29.3 Å². The summed E-state index contributed by atoms with van der Waals surface area (Å²) < 4.78 is 11.1. The van der Waals surface area contributed by atoms with Crippen molar-refractivity contribution in [2.75, 3.05) is 26.2 Å². The largest absolute Gasteiger partial charge is 0.445 e. The molecule has 1 heterocycles. The van der Waals surface area contributed by atoms with Crippen LogP contribution in [-0.4, -0.2) is 43.3 Å². The fraction of sp³-hybridized carbons (Fsp3) is 0.350. The van der Waals surface area contributed by atoms with E-state index in [-0.39, 0.29) is 18.8 Å². The molecule has 1 atom stereocenters. The SMILES string of the molecule is O=C(OCc1ccccc1)N1CCOC(CNCc2c(Cl)ccc(Cl)c2Cl)C1. The van der Waals surface area contributed by atoms with E-state index in [4.69, 9.17) is 44.3 Å². The average Bonchev–Trinajstić information content (AvgIpc) is 2.72. The second-order valence-corrected chi connectivity index (χ2v) is 7.62. The fourth-order valence-corrected chi connectivity index (χ4v) is 3.59. The van der Waals surface area contributed by atoms with Gasteiger partial charge < -0.3 is 19.7 Å². The van der Waals surface area contributed by atoms with E-state index < -0.39 is 0 Å². The lowest BCUT2D eigenvalue weighted by molar-refractivity contribution is -0.0271. The number of hydrogen-bond acceptors (Lipinski definition) is 4. The number of hydrogen-bond donors (Lipinski definition) is 1. The topological polar surface area (TPSA) is 50.8 Å². The number of benzene rings is 2. The van der Waals surface area contributed by atoms with Crippen molar-refractivity contribution in [2.24, 2.45) is 0 Å². The molecule has 2 aromatic carbocycles. The predicted octanol–water partition coefficient (Wildman–Crippen LogP) is 4.77. The quantitative estimate of drug-likeness (QED) is 0.653. The smallest absolute Gasteiger partial charge is 0.410 e. The molecular weight excluding hydrogens is 423 g/mol. The van der Waals surface area contributed by atoms with Gasteiger partial charge in [-0.1, -0.05) is 65.1 Å². The van der Waals surface area contributed by atoms with Crippen LogP contribution >= 0.6 is 34.8 Å². The maximum absolute atomic E-state index is 12.3. The van der Waals surface area contributed by atoms with Crippen LogP contribution in [0.15, 0.2) is 42.5 Å². The van der Waals surface area contributed by atoms with Crippen molar-refractivity contribution < 1.29 is 14.3 Å². The van der Waals surface area contributed by atoms with Crippen molar-refractivity contribution in [2.45, 2.75) is 19.3 Å². The number of carbonyl (C=O) groups is 1. The number of morpholine rings is 1. The van der Waals surface area contributed by atoms with Crippen LogP contribution < -0.4 is 5.32 Å². The molecule has 1 aliphatic rings. The Morgan fingerprint density at radius 1 is 1.14 bits per heavy atom. The minimum Gasteiger partial charge on any atom is -0.445 e. The van der Waals surface area contributed by atoms with Gasteiger partial charge in [-0.3, -0.25) is 0 Å². The van der Waals surface area contributed by atoms with Crippen LogP contribution in [0.5, 0.6) is 0 Å². The van der Waals surface area contributed by atoms with Gasteiger partial charge in [-0.2, -0.15) is 0 Å². The Labute approximate surface area is 179 Å². The maximum Gasteiger partial charge on any atom is 0.410 e. The van der Waals surface area contributed by atoms with Crippen LogP contribution in [0, 0.1) is 0 Å². The summed E-state index contributed by atoms with van der Waals surface area (Å²) in [6.45, 7) is 2.68. The van der Waals surface area contributed by atoms with Gasteiger partial charge >= 0.3 is 6.09 Å². The van der Waals surface area contributed by atoms with Crippen molar-refractivity contribution in [3.8, 4) is 0 Å². The number of ether oxygens (including phenoxy) is 2. The van der Waals surface area contributed by atoms with E-state index in [2.05, 4.69) is 5.32 Å². The number of nitrogens with one attached hydrogen (secondary N) is 1. The van der Waals surface area contributed by atoms with Gasteiger partial charge in [0.2, 0.25) is 0 Å². The Hall–Kier alpha value is -1.50. The molecule has 1 aliphatic heterocycles. The summed E-state index contributed by atoms with van der Waals surface area (Å²) in [5, 5.41) is 4.72. The summed E-state index contributed by atoms with van der Waals surface area (Å²) >= 11 is 18.4. The second-order valence-electron chi connectivity index (χ2n) is 6.43. The first-order valence-corrected chi connectivity index (χ1v) is 10.1. The molecule has 1 N–H and O–H groups in total. The lowest BCUT2D eigenvalue weighted by atomic mass is 10.2. The Morgan fingerprint density at radius 2 is 1.89 bits per heavy atom. The number of rotatable bonds is 6. The third-order valence-corrected chi connectivity index (χ3v) is 5.61. The maximum atomic E-state index is 12.3. The summed E-state index contributed by atoms with van der Waals surface area (Å²) in [5.74, 6) is 0. The number of nitrogens with zero attached hydrogens (tertiary/aromatic N) is 1. The average molecular weight is 444 g/mol. The van der Waals surface area contributed by atoms with Gasteiger partial charge in [-0.05, 0) is 17.7 Å². The lowest BCUT2D eigenvalue weighted by Crippen LogP contribution is -2.49. The third-order valence-electron chi connectivity index (χ3n) is 4.41. The summed E-state index contributed by atoms with van der Waals surface area (Å²) in [7, 11) is 0. The van der Waals surface area contributed by atoms with Crippen molar-refractivity contribution in [3.63, 3.8) is 0 Å². The van der Waals surface area contributed by atoms with E-state index in [0.29, 0.717) is 47.9 Å². The first-order valence-electron chi connectivity index (χ1n) is 8.95. The Morgan fingerprint density at radius 3 is 2.68 bits per heavy atom. The van der Waals surface area contributed by atoms with E-state index >= 15 is 0 Å². The summed E-state index contributed by atoms with van der Waals surface area (Å²) in [6.07, 6.45) is -0.479. The first-order chi connectivity index (χ1) is 13.5. The van der Waals surface area contributed by atoms with Gasteiger partial charge in [-0.15, -0.1) is 0 Å². The highest BCUT2D eigenvalue weighted by atomic mass is 35.5. The molecule has 0 aliphatic carbocycles. The van der Waals surface area contributed by atoms with E-state index in [1.807, 2.05) is 30.3 Å². The lowest BCUT2D eigenvalue weighted by Gasteiger charge is -2.32. The minimum atomic E-state index is -0.335. The normalized spacial score (nSPS) is 16.8. The van der Waals surface area contributed by atoms with Crippen molar-refractivity contribution in [3.05, 3.63) is 68.7 Å². The van der Waals surface area contributed by atoms with Gasteiger partial charge in [0, 0.05) is 30.2 Å². The minimum absolute atomic E-state index is 0.144. The highest BCUT2D eigenvalue weighted by Gasteiger charge is 2.25. The van der Waals surface area contributed by atoms with Gasteiger partial charge in [0.15, 0.2) is 0 Å². The zero-order chi connectivity index (χ0) is 19.9. The molecule has 8 heteroatoms. The molecule has 5 nitrogen and oxygen atoms in total. The van der Waals surface area contributed by atoms with E-state index in [1.54, 1.807) is 17.0 Å². The summed E-state index contributed by atoms with van der Waals surface area (Å²) in [4.78, 5) is 14.0. The second kappa shape index (κ2) is 10.3. The molecule has 1 amide bonds. The Bertz CT molecular complexity index is 805. The molecule has 0 saturated carbocycles. The molecule has 0 spiro atoms. The van der Waals surface area contributed by atoms with Crippen molar-refractivity contribution in [1.82, 2.24) is 10.2 Å². The van der Waals surface area contributed by atoms with E-state index in [1.165, 1.54) is 0 Å². The van der Waals surface area contributed by atoms with Crippen LogP contribution in [0.1, 0.15) is 11.1 Å². The monoisotopic (exact) mass is 442 g/mol. The van der Waals surface area contributed by atoms with Crippen LogP contribution in [-0.2, 0) is 22.6 Å². The van der Waals surface area contributed by atoms with Crippen LogP contribution in [0.2, 0.25) is 15.1 Å². The molecule has 1 fully saturated rings. The fourth-order valence-electron chi connectivity index (χ4n) is 2.91. The number of carbonyl (C=O) groups excluding carboxylic acids is 1. The highest BCUT2D eigenvalue weighted by molar-refractivity contribution is 6.44. The molecule has 28 heavy (non-hydrogen) atoms. The molecule has 150 valence electrons. The first kappa shape index (κ1) is 21.2. The number of amides is 1. The van der Waals surface area contributed by atoms with Crippen molar-refractivity contribution in [1.29, 1.82) is 0 Å². The van der Waals surface area contributed by atoms with E-state index in [0.717, 1.165) is 11.1 Å². The molecule has 1 saturated heterocycles. The molecule has 2 aromatic rings. The van der Waals surface area contributed by atoms with Crippen molar-refractivity contribution >= 4 is 40.9 Å². The Balaban J connectivity index is 1.46. The third kappa shape index (κ3) is 5.75. The zero-order valence-electron chi connectivity index (χ0n) is 15.2. The van der Waals surface area contributed by atoms with Crippen LogP contribution in [0.4, 0.5) is 4.79 Å². The summed E-state index contributed by atoms with van der Waals surface area (Å²) in [6, 6.07) is 13.0. The molecular formula is C20H21Cl3N2O3. The predicted molar refractivity (Wildman–Crippen MR) is 111 cm³/mol. The zero-order valence-corrected chi connectivity index (χ0v) is 17.4. The van der Waals surface area contributed by atoms with E-state index in [9.17, 15) is 4.79 Å².